The van der Waals surface area contributed by atoms with Crippen molar-refractivity contribution in [1.82, 2.24) is 4.90 Å². The van der Waals surface area contributed by atoms with Gasteiger partial charge in [0.1, 0.15) is 9.84 Å². The Hall–Kier alpha value is -0.910. The van der Waals surface area contributed by atoms with Gasteiger partial charge in [0, 0.05) is 25.4 Å². The Morgan fingerprint density at radius 1 is 1.32 bits per heavy atom. The van der Waals surface area contributed by atoms with E-state index in [9.17, 15) is 13.5 Å². The molecule has 5 heteroatoms. The molecule has 1 unspecified atom stereocenters. The van der Waals surface area contributed by atoms with E-state index in [4.69, 9.17) is 0 Å². The zero-order valence-electron chi connectivity index (χ0n) is 11.2. The molecule has 0 fully saturated rings. The average molecular weight is 283 g/mol. The predicted molar refractivity (Wildman–Crippen MR) is 75.9 cm³/mol. The molecular weight excluding hydrogens is 262 g/mol. The highest BCUT2D eigenvalue weighted by atomic mass is 32.2. The van der Waals surface area contributed by atoms with Crippen LogP contribution in [0.2, 0.25) is 0 Å². The van der Waals surface area contributed by atoms with Gasteiger partial charge in [-0.05, 0) is 24.0 Å². The maximum Gasteiger partial charge on any atom is 0.148 e. The fraction of sp³-hybridized carbons (Fsp3) is 0.571. The standard InChI is InChI=1S/C14H21NO3S/c1-19(17,18)11-9-15(8-10-16)14-7-6-12-4-2-3-5-13(12)14/h2-5,14,16H,6-11H2,1H3. The van der Waals surface area contributed by atoms with Gasteiger partial charge in [-0.15, -0.1) is 0 Å². The van der Waals surface area contributed by atoms with Crippen LogP contribution in [-0.4, -0.2) is 50.1 Å². The van der Waals surface area contributed by atoms with Crippen LogP contribution < -0.4 is 0 Å². The fourth-order valence-corrected chi connectivity index (χ4v) is 3.32. The number of benzene rings is 1. The van der Waals surface area contributed by atoms with Crippen molar-refractivity contribution < 1.29 is 13.5 Å². The molecule has 19 heavy (non-hydrogen) atoms. The minimum atomic E-state index is -2.97. The van der Waals surface area contributed by atoms with E-state index < -0.39 is 9.84 Å². The van der Waals surface area contributed by atoms with Crippen molar-refractivity contribution >= 4 is 9.84 Å². The maximum absolute atomic E-state index is 11.3. The Bertz CT molecular complexity index is 527. The highest BCUT2D eigenvalue weighted by Crippen LogP contribution is 2.35. The normalized spacial score (nSPS) is 18.8. The second-order valence-corrected chi connectivity index (χ2v) is 7.40. The van der Waals surface area contributed by atoms with E-state index in [2.05, 4.69) is 17.0 Å². The molecule has 1 aliphatic carbocycles. The van der Waals surface area contributed by atoms with Crippen LogP contribution in [0.5, 0.6) is 0 Å². The smallest absolute Gasteiger partial charge is 0.148 e. The van der Waals surface area contributed by atoms with Crippen LogP contribution in [0.3, 0.4) is 0 Å². The van der Waals surface area contributed by atoms with E-state index in [1.807, 2.05) is 12.1 Å². The lowest BCUT2D eigenvalue weighted by molar-refractivity contribution is 0.157. The van der Waals surface area contributed by atoms with Gasteiger partial charge in [-0.25, -0.2) is 8.42 Å². The van der Waals surface area contributed by atoms with Crippen LogP contribution in [0, 0.1) is 0 Å². The zero-order valence-corrected chi connectivity index (χ0v) is 12.1. The summed E-state index contributed by atoms with van der Waals surface area (Å²) in [4.78, 5) is 2.09. The monoisotopic (exact) mass is 283 g/mol. The molecule has 0 spiro atoms. The van der Waals surface area contributed by atoms with Gasteiger partial charge in [0.25, 0.3) is 0 Å². The predicted octanol–water partition coefficient (Wildman–Crippen LogP) is 1.01. The van der Waals surface area contributed by atoms with Crippen LogP contribution in [0.25, 0.3) is 0 Å². The molecular formula is C14H21NO3S. The summed E-state index contributed by atoms with van der Waals surface area (Å²) < 4.78 is 22.6. The summed E-state index contributed by atoms with van der Waals surface area (Å²) in [5.74, 6) is 0.145. The Morgan fingerprint density at radius 2 is 2.05 bits per heavy atom. The summed E-state index contributed by atoms with van der Waals surface area (Å²) in [6.45, 7) is 1.06. The van der Waals surface area contributed by atoms with Gasteiger partial charge >= 0.3 is 0 Å². The Labute approximate surface area is 115 Å². The minimum Gasteiger partial charge on any atom is -0.395 e. The molecule has 106 valence electrons. The number of hydrogen-bond donors (Lipinski definition) is 1. The topological polar surface area (TPSA) is 57.6 Å². The van der Waals surface area contributed by atoms with E-state index >= 15 is 0 Å². The largest absolute Gasteiger partial charge is 0.395 e. The lowest BCUT2D eigenvalue weighted by Crippen LogP contribution is -2.34. The summed E-state index contributed by atoms with van der Waals surface area (Å²) in [7, 11) is -2.97. The lowest BCUT2D eigenvalue weighted by Gasteiger charge is -2.28. The van der Waals surface area contributed by atoms with Crippen LogP contribution in [0.4, 0.5) is 0 Å². The van der Waals surface area contributed by atoms with Gasteiger partial charge in [0.15, 0.2) is 0 Å². The molecule has 4 nitrogen and oxygen atoms in total. The van der Waals surface area contributed by atoms with Crippen molar-refractivity contribution in [3.63, 3.8) is 0 Å². The quantitative estimate of drug-likeness (QED) is 0.846. The first-order chi connectivity index (χ1) is 9.01. The molecule has 1 N–H and O–H groups in total. The number of fused-ring (bicyclic) bond motifs is 1. The highest BCUT2D eigenvalue weighted by Gasteiger charge is 2.27. The van der Waals surface area contributed by atoms with Crippen LogP contribution >= 0.6 is 0 Å². The number of sulfone groups is 1. The minimum absolute atomic E-state index is 0.0580. The summed E-state index contributed by atoms with van der Waals surface area (Å²) in [5.41, 5.74) is 2.62. The van der Waals surface area contributed by atoms with Gasteiger partial charge in [0.05, 0.1) is 12.4 Å². The van der Waals surface area contributed by atoms with Crippen molar-refractivity contribution in [2.45, 2.75) is 18.9 Å². The summed E-state index contributed by atoms with van der Waals surface area (Å²) in [6.07, 6.45) is 3.29. The summed E-state index contributed by atoms with van der Waals surface area (Å²) in [5, 5.41) is 9.18. The van der Waals surface area contributed by atoms with E-state index in [1.54, 1.807) is 0 Å². The van der Waals surface area contributed by atoms with Crippen LogP contribution in [0.1, 0.15) is 23.6 Å². The molecule has 1 aromatic carbocycles. The van der Waals surface area contributed by atoms with E-state index in [-0.39, 0.29) is 18.4 Å². The average Bonchev–Trinajstić information content (AvgIpc) is 2.77. The number of aryl methyl sites for hydroxylation is 1. The molecule has 1 aliphatic rings. The first kappa shape index (κ1) is 14.5. The van der Waals surface area contributed by atoms with Gasteiger partial charge in [0.2, 0.25) is 0 Å². The van der Waals surface area contributed by atoms with Gasteiger partial charge in [-0.2, -0.15) is 0 Å². The van der Waals surface area contributed by atoms with Crippen molar-refractivity contribution in [3.8, 4) is 0 Å². The number of aliphatic hydroxyl groups is 1. The SMILES string of the molecule is CS(=O)(=O)CCN(CCO)C1CCc2ccccc21. The third-order valence-corrected chi connectivity index (χ3v) is 4.60. The second-order valence-electron chi connectivity index (χ2n) is 5.14. The fourth-order valence-electron chi connectivity index (χ4n) is 2.75. The van der Waals surface area contributed by atoms with E-state index in [1.165, 1.54) is 17.4 Å². The molecule has 0 aliphatic heterocycles. The first-order valence-corrected chi connectivity index (χ1v) is 8.68. The number of hydrogen-bond acceptors (Lipinski definition) is 4. The molecule has 0 amide bonds. The van der Waals surface area contributed by atoms with Crippen molar-refractivity contribution in [3.05, 3.63) is 35.4 Å². The summed E-state index contributed by atoms with van der Waals surface area (Å²) in [6, 6.07) is 8.53. The van der Waals surface area contributed by atoms with E-state index in [0.29, 0.717) is 13.1 Å². The molecule has 0 heterocycles. The molecule has 0 bridgehead atoms. The van der Waals surface area contributed by atoms with Crippen LogP contribution in [0.15, 0.2) is 24.3 Å². The van der Waals surface area contributed by atoms with Crippen molar-refractivity contribution in [2.75, 3.05) is 31.7 Å². The molecule has 0 radical (unpaired) electrons. The molecule has 1 aromatic rings. The molecule has 0 saturated heterocycles. The number of nitrogens with zero attached hydrogens (tertiary/aromatic N) is 1. The Kier molecular flexibility index (Phi) is 4.60. The van der Waals surface area contributed by atoms with Gasteiger partial charge in [-0.1, -0.05) is 24.3 Å². The summed E-state index contributed by atoms with van der Waals surface area (Å²) >= 11 is 0. The van der Waals surface area contributed by atoms with Crippen molar-refractivity contribution in [2.24, 2.45) is 0 Å². The maximum atomic E-state index is 11.3. The highest BCUT2D eigenvalue weighted by molar-refractivity contribution is 7.90. The Balaban J connectivity index is 2.12. The first-order valence-electron chi connectivity index (χ1n) is 6.61. The lowest BCUT2D eigenvalue weighted by atomic mass is 10.1. The number of aliphatic hydroxyl groups excluding tert-OH is 1. The molecule has 1 atom stereocenters. The van der Waals surface area contributed by atoms with Gasteiger partial charge in [-0.3, -0.25) is 4.90 Å². The second kappa shape index (κ2) is 6.03. The number of rotatable bonds is 6. The van der Waals surface area contributed by atoms with Crippen molar-refractivity contribution in [1.29, 1.82) is 0 Å². The Morgan fingerprint density at radius 3 is 2.74 bits per heavy atom. The third-order valence-electron chi connectivity index (χ3n) is 3.68. The van der Waals surface area contributed by atoms with Gasteiger partial charge < -0.3 is 5.11 Å². The molecule has 0 aromatic heterocycles. The van der Waals surface area contributed by atoms with Crippen LogP contribution in [-0.2, 0) is 16.3 Å². The molecule has 0 saturated carbocycles. The molecule has 2 rings (SSSR count). The third kappa shape index (κ3) is 3.78. The van der Waals surface area contributed by atoms with E-state index in [0.717, 1.165) is 12.8 Å². The zero-order chi connectivity index (χ0) is 13.9.